The molecule has 0 radical (unpaired) electrons. The van der Waals surface area contributed by atoms with Gasteiger partial charge in [0.2, 0.25) is 0 Å². The second-order valence-corrected chi connectivity index (χ2v) is 6.95. The van der Waals surface area contributed by atoms with E-state index in [-0.39, 0.29) is 11.2 Å². The number of Topliss-reactive ketones (excluding diaryl/α,β-unsaturated/α-hetero) is 1. The number of allylic oxidation sites excluding steroid dienone is 2. The number of ether oxygens (including phenoxy) is 1. The standard InChI is InChI=1S/C17H24O3/c1-11(2)6-7-12(3)20-15(19)17-9-8-13(10-14(17)18)16(17,4)5/h6-7,11,13H,3,8-10H2,1-2,4-5H3/b7-6+/t13-,17+/m1/s1. The van der Waals surface area contributed by atoms with Crippen molar-refractivity contribution in [1.82, 2.24) is 0 Å². The van der Waals surface area contributed by atoms with Gasteiger partial charge in [-0.1, -0.05) is 40.3 Å². The Balaban J connectivity index is 2.17. The molecule has 2 atom stereocenters. The van der Waals surface area contributed by atoms with E-state index in [2.05, 4.69) is 6.58 Å². The van der Waals surface area contributed by atoms with Crippen molar-refractivity contribution in [2.45, 2.75) is 47.0 Å². The maximum Gasteiger partial charge on any atom is 0.325 e. The summed E-state index contributed by atoms with van der Waals surface area (Å²) in [6.45, 7) is 11.9. The Labute approximate surface area is 121 Å². The van der Waals surface area contributed by atoms with E-state index >= 15 is 0 Å². The van der Waals surface area contributed by atoms with Gasteiger partial charge in [-0.05, 0) is 36.2 Å². The minimum absolute atomic E-state index is 0.0457. The lowest BCUT2D eigenvalue weighted by Gasteiger charge is -2.33. The summed E-state index contributed by atoms with van der Waals surface area (Å²) in [6.07, 6.45) is 5.69. The lowest BCUT2D eigenvalue weighted by molar-refractivity contribution is -0.160. The highest BCUT2D eigenvalue weighted by Crippen LogP contribution is 2.64. The highest BCUT2D eigenvalue weighted by atomic mass is 16.5. The van der Waals surface area contributed by atoms with Gasteiger partial charge in [0.1, 0.15) is 11.2 Å². The molecule has 0 aromatic heterocycles. The average Bonchev–Trinajstić information content (AvgIpc) is 2.70. The Morgan fingerprint density at radius 3 is 2.55 bits per heavy atom. The number of carbonyl (C=O) groups is 2. The van der Waals surface area contributed by atoms with Gasteiger partial charge in [-0.3, -0.25) is 9.59 Å². The predicted octanol–water partition coefficient (Wildman–Crippen LogP) is 3.65. The van der Waals surface area contributed by atoms with E-state index in [1.54, 1.807) is 6.08 Å². The zero-order valence-electron chi connectivity index (χ0n) is 12.9. The molecule has 2 bridgehead atoms. The van der Waals surface area contributed by atoms with Gasteiger partial charge < -0.3 is 4.74 Å². The average molecular weight is 276 g/mol. The number of hydrogen-bond acceptors (Lipinski definition) is 3. The summed E-state index contributed by atoms with van der Waals surface area (Å²) in [4.78, 5) is 24.9. The second kappa shape index (κ2) is 4.87. The first-order chi connectivity index (χ1) is 9.21. The summed E-state index contributed by atoms with van der Waals surface area (Å²) < 4.78 is 5.37. The van der Waals surface area contributed by atoms with E-state index in [4.69, 9.17) is 4.74 Å². The van der Waals surface area contributed by atoms with Crippen LogP contribution in [0.15, 0.2) is 24.5 Å². The highest BCUT2D eigenvalue weighted by Gasteiger charge is 2.69. The molecule has 0 N–H and O–H groups in total. The molecule has 20 heavy (non-hydrogen) atoms. The molecule has 2 aliphatic rings. The number of esters is 1. The molecule has 2 saturated carbocycles. The van der Waals surface area contributed by atoms with Crippen LogP contribution in [-0.4, -0.2) is 11.8 Å². The Morgan fingerprint density at radius 1 is 1.45 bits per heavy atom. The van der Waals surface area contributed by atoms with Gasteiger partial charge in [0, 0.05) is 6.42 Å². The first-order valence-electron chi connectivity index (χ1n) is 7.34. The lowest BCUT2D eigenvalue weighted by Crippen LogP contribution is -2.44. The number of rotatable bonds is 4. The van der Waals surface area contributed by atoms with Gasteiger partial charge in [-0.2, -0.15) is 0 Å². The maximum atomic E-state index is 12.6. The molecule has 2 aliphatic carbocycles. The number of fused-ring (bicyclic) bond motifs is 2. The lowest BCUT2D eigenvalue weighted by atomic mass is 9.69. The fraction of sp³-hybridized carbons (Fsp3) is 0.647. The van der Waals surface area contributed by atoms with Gasteiger partial charge >= 0.3 is 5.97 Å². The van der Waals surface area contributed by atoms with Crippen LogP contribution in [0.2, 0.25) is 0 Å². The monoisotopic (exact) mass is 276 g/mol. The summed E-state index contributed by atoms with van der Waals surface area (Å²) in [7, 11) is 0. The number of carbonyl (C=O) groups excluding carboxylic acids is 2. The SMILES string of the molecule is C=C(/C=C/C(C)C)OC(=O)[C@]12CC[C@H](CC1=O)C2(C)C. The van der Waals surface area contributed by atoms with Crippen molar-refractivity contribution in [3.05, 3.63) is 24.5 Å². The molecule has 0 saturated heterocycles. The molecule has 0 aromatic rings. The molecule has 2 rings (SSSR count). The van der Waals surface area contributed by atoms with Crippen LogP contribution in [0.3, 0.4) is 0 Å². The van der Waals surface area contributed by atoms with Crippen molar-refractivity contribution >= 4 is 11.8 Å². The molecule has 2 fully saturated rings. The third-order valence-corrected chi connectivity index (χ3v) is 5.14. The van der Waals surface area contributed by atoms with Crippen LogP contribution >= 0.6 is 0 Å². The normalized spacial score (nSPS) is 31.2. The first-order valence-corrected chi connectivity index (χ1v) is 7.34. The predicted molar refractivity (Wildman–Crippen MR) is 77.8 cm³/mol. The third kappa shape index (κ3) is 2.04. The van der Waals surface area contributed by atoms with Crippen LogP contribution in [0.5, 0.6) is 0 Å². The Hall–Kier alpha value is -1.38. The molecule has 0 aliphatic heterocycles. The Kier molecular flexibility index (Phi) is 3.66. The molecule has 110 valence electrons. The largest absolute Gasteiger partial charge is 0.426 e. The van der Waals surface area contributed by atoms with Gasteiger partial charge in [0.25, 0.3) is 0 Å². The number of hydrogen-bond donors (Lipinski definition) is 0. The molecule has 3 nitrogen and oxygen atoms in total. The molecule has 0 unspecified atom stereocenters. The van der Waals surface area contributed by atoms with Crippen molar-refractivity contribution in [3.63, 3.8) is 0 Å². The van der Waals surface area contributed by atoms with Gasteiger partial charge in [0.05, 0.1) is 0 Å². The van der Waals surface area contributed by atoms with E-state index < -0.39 is 11.4 Å². The first kappa shape index (κ1) is 15.0. The van der Waals surface area contributed by atoms with Crippen molar-refractivity contribution in [2.75, 3.05) is 0 Å². The summed E-state index contributed by atoms with van der Waals surface area (Å²) >= 11 is 0. The molecular formula is C17H24O3. The topological polar surface area (TPSA) is 43.4 Å². The third-order valence-electron chi connectivity index (χ3n) is 5.14. The van der Waals surface area contributed by atoms with Crippen LogP contribution in [0.4, 0.5) is 0 Å². The van der Waals surface area contributed by atoms with Crippen LogP contribution < -0.4 is 0 Å². The maximum absolute atomic E-state index is 12.6. The van der Waals surface area contributed by atoms with E-state index in [0.29, 0.717) is 30.4 Å². The van der Waals surface area contributed by atoms with Crippen LogP contribution in [-0.2, 0) is 14.3 Å². The molecular weight excluding hydrogens is 252 g/mol. The van der Waals surface area contributed by atoms with E-state index in [9.17, 15) is 9.59 Å². The smallest absolute Gasteiger partial charge is 0.325 e. The second-order valence-electron chi connectivity index (χ2n) is 6.95. The van der Waals surface area contributed by atoms with Crippen molar-refractivity contribution in [2.24, 2.45) is 22.7 Å². The van der Waals surface area contributed by atoms with Gasteiger partial charge in [-0.15, -0.1) is 0 Å². The summed E-state index contributed by atoms with van der Waals surface area (Å²) in [6, 6.07) is 0. The zero-order valence-corrected chi connectivity index (χ0v) is 12.9. The van der Waals surface area contributed by atoms with E-state index in [1.807, 2.05) is 33.8 Å². The Morgan fingerprint density at radius 2 is 2.10 bits per heavy atom. The quantitative estimate of drug-likeness (QED) is 0.341. The summed E-state index contributed by atoms with van der Waals surface area (Å²) in [5.41, 5.74) is -1.25. The fourth-order valence-corrected chi connectivity index (χ4v) is 3.70. The minimum Gasteiger partial charge on any atom is -0.426 e. The van der Waals surface area contributed by atoms with Gasteiger partial charge in [0.15, 0.2) is 5.78 Å². The molecule has 0 amide bonds. The van der Waals surface area contributed by atoms with Crippen molar-refractivity contribution < 1.29 is 14.3 Å². The van der Waals surface area contributed by atoms with E-state index in [0.717, 1.165) is 6.42 Å². The molecule has 0 heterocycles. The minimum atomic E-state index is -0.952. The summed E-state index contributed by atoms with van der Waals surface area (Å²) in [5.74, 6) is 0.623. The van der Waals surface area contributed by atoms with Crippen LogP contribution in [0, 0.1) is 22.7 Å². The highest BCUT2D eigenvalue weighted by molar-refractivity contribution is 6.07. The van der Waals surface area contributed by atoms with Gasteiger partial charge in [-0.25, -0.2) is 0 Å². The van der Waals surface area contributed by atoms with Crippen LogP contribution in [0.1, 0.15) is 47.0 Å². The molecule has 0 aromatic carbocycles. The van der Waals surface area contributed by atoms with E-state index in [1.165, 1.54) is 0 Å². The van der Waals surface area contributed by atoms with Crippen molar-refractivity contribution in [1.29, 1.82) is 0 Å². The Bertz CT molecular complexity index is 484. The fourth-order valence-electron chi connectivity index (χ4n) is 3.70. The zero-order chi connectivity index (χ0) is 15.1. The molecule has 3 heteroatoms. The molecule has 0 spiro atoms. The van der Waals surface area contributed by atoms with Crippen molar-refractivity contribution in [3.8, 4) is 0 Å². The summed E-state index contributed by atoms with van der Waals surface area (Å²) in [5, 5.41) is 0. The number of ketones is 1. The van der Waals surface area contributed by atoms with Crippen LogP contribution in [0.25, 0.3) is 0 Å².